The van der Waals surface area contributed by atoms with Crippen molar-refractivity contribution in [3.8, 4) is 0 Å². The summed E-state index contributed by atoms with van der Waals surface area (Å²) in [4.78, 5) is 42.0. The van der Waals surface area contributed by atoms with Gasteiger partial charge in [-0.3, -0.25) is 19.7 Å². The fourth-order valence-electron chi connectivity index (χ4n) is 3.18. The molecule has 0 spiro atoms. The molecule has 3 rings (SSSR count). The molecule has 8 heteroatoms. The maximum atomic E-state index is 12.1. The summed E-state index contributed by atoms with van der Waals surface area (Å²) in [5.74, 6) is 0.335. The van der Waals surface area contributed by atoms with E-state index < -0.39 is 0 Å². The minimum Gasteiger partial charge on any atom is -0.356 e. The van der Waals surface area contributed by atoms with E-state index in [9.17, 15) is 14.4 Å². The van der Waals surface area contributed by atoms with Gasteiger partial charge in [0.05, 0.1) is 11.3 Å². The highest BCUT2D eigenvalue weighted by atomic mass is 32.1. The number of thiazole rings is 1. The molecule has 0 radical (unpaired) electrons. The molecule has 0 aliphatic heterocycles. The van der Waals surface area contributed by atoms with E-state index in [2.05, 4.69) is 20.6 Å². The Balaban J connectivity index is 1.42. The van der Waals surface area contributed by atoms with Crippen LogP contribution in [-0.4, -0.2) is 28.3 Å². The van der Waals surface area contributed by atoms with E-state index in [0.717, 1.165) is 12.2 Å². The zero-order valence-electron chi connectivity index (χ0n) is 15.1. The molecule has 0 atom stereocenters. The Kier molecular flexibility index (Phi) is 6.75. The van der Waals surface area contributed by atoms with Crippen molar-refractivity contribution in [1.29, 1.82) is 0 Å². The van der Waals surface area contributed by atoms with Gasteiger partial charge >= 0.3 is 0 Å². The summed E-state index contributed by atoms with van der Waals surface area (Å²) >= 11 is 1.32. The normalized spacial score (nSPS) is 14.7. The Morgan fingerprint density at radius 3 is 2.78 bits per heavy atom. The van der Waals surface area contributed by atoms with Crippen LogP contribution < -0.4 is 16.2 Å². The molecule has 1 aliphatic carbocycles. The molecule has 27 heavy (non-hydrogen) atoms. The standard InChI is InChI=1S/C19H24N4O3S/c24-16-8-6-14(11-21-16)18(26)23-19-22-15(12-27-19)7-9-17(25)20-10-13-4-2-1-3-5-13/h6,8,11-13H,1-5,7,9-10H2,(H,20,25)(H,21,24)(H,22,23,26). The third-order valence-corrected chi connectivity index (χ3v) is 5.55. The molecule has 2 amide bonds. The number of amides is 2. The first-order chi connectivity index (χ1) is 13.1. The Labute approximate surface area is 161 Å². The first kappa shape index (κ1) is 19.3. The van der Waals surface area contributed by atoms with E-state index in [1.165, 1.54) is 61.8 Å². The number of carbonyl (C=O) groups excluding carboxylic acids is 2. The first-order valence-corrected chi connectivity index (χ1v) is 10.2. The van der Waals surface area contributed by atoms with E-state index in [1.54, 1.807) is 0 Å². The van der Waals surface area contributed by atoms with Crippen LogP contribution in [0.3, 0.4) is 0 Å². The number of hydrogen-bond acceptors (Lipinski definition) is 5. The molecule has 1 fully saturated rings. The molecule has 7 nitrogen and oxygen atoms in total. The fraction of sp³-hybridized carbons (Fsp3) is 0.474. The van der Waals surface area contributed by atoms with Gasteiger partial charge in [0, 0.05) is 30.6 Å². The number of H-pyrrole nitrogens is 1. The average Bonchev–Trinajstić information content (AvgIpc) is 3.13. The number of aromatic amines is 1. The van der Waals surface area contributed by atoms with Gasteiger partial charge in [-0.25, -0.2) is 4.98 Å². The van der Waals surface area contributed by atoms with Crippen molar-refractivity contribution in [2.75, 3.05) is 11.9 Å². The molecule has 2 aromatic heterocycles. The van der Waals surface area contributed by atoms with Crippen molar-refractivity contribution in [3.05, 3.63) is 45.3 Å². The average molecular weight is 388 g/mol. The van der Waals surface area contributed by atoms with Gasteiger partial charge in [0.1, 0.15) is 0 Å². The van der Waals surface area contributed by atoms with Crippen molar-refractivity contribution in [2.45, 2.75) is 44.9 Å². The van der Waals surface area contributed by atoms with Gasteiger partial charge in [-0.1, -0.05) is 19.3 Å². The van der Waals surface area contributed by atoms with Crippen molar-refractivity contribution < 1.29 is 9.59 Å². The Bertz CT molecular complexity index is 819. The van der Waals surface area contributed by atoms with Crippen LogP contribution >= 0.6 is 11.3 Å². The Hall–Kier alpha value is -2.48. The lowest BCUT2D eigenvalue weighted by molar-refractivity contribution is -0.121. The minimum absolute atomic E-state index is 0.0485. The highest BCUT2D eigenvalue weighted by molar-refractivity contribution is 7.14. The van der Waals surface area contributed by atoms with Gasteiger partial charge in [-0.05, 0) is 31.2 Å². The summed E-state index contributed by atoms with van der Waals surface area (Å²) in [5, 5.41) is 8.05. The molecule has 144 valence electrons. The maximum Gasteiger partial charge on any atom is 0.258 e. The van der Waals surface area contributed by atoms with E-state index in [4.69, 9.17) is 0 Å². The zero-order chi connectivity index (χ0) is 19.1. The molecule has 0 saturated heterocycles. The van der Waals surface area contributed by atoms with Gasteiger partial charge in [-0.15, -0.1) is 11.3 Å². The summed E-state index contributed by atoms with van der Waals surface area (Å²) in [7, 11) is 0. The lowest BCUT2D eigenvalue weighted by atomic mass is 9.89. The number of rotatable bonds is 7. The van der Waals surface area contributed by atoms with E-state index in [-0.39, 0.29) is 17.4 Å². The molecule has 1 saturated carbocycles. The second-order valence-corrected chi connectivity index (χ2v) is 7.71. The first-order valence-electron chi connectivity index (χ1n) is 9.31. The van der Waals surface area contributed by atoms with Crippen molar-refractivity contribution in [1.82, 2.24) is 15.3 Å². The van der Waals surface area contributed by atoms with Crippen molar-refractivity contribution >= 4 is 28.3 Å². The Morgan fingerprint density at radius 1 is 1.22 bits per heavy atom. The smallest absolute Gasteiger partial charge is 0.258 e. The number of nitrogens with zero attached hydrogens (tertiary/aromatic N) is 1. The van der Waals surface area contributed by atoms with Gasteiger partial charge < -0.3 is 10.3 Å². The molecule has 0 bridgehead atoms. The maximum absolute atomic E-state index is 12.1. The third-order valence-electron chi connectivity index (χ3n) is 4.74. The number of hydrogen-bond donors (Lipinski definition) is 3. The largest absolute Gasteiger partial charge is 0.356 e. The second-order valence-electron chi connectivity index (χ2n) is 6.85. The van der Waals surface area contributed by atoms with E-state index >= 15 is 0 Å². The summed E-state index contributed by atoms with van der Waals surface area (Å²) in [6.45, 7) is 0.774. The van der Waals surface area contributed by atoms with Crippen LogP contribution in [-0.2, 0) is 11.2 Å². The van der Waals surface area contributed by atoms with E-state index in [1.807, 2.05) is 5.38 Å². The highest BCUT2D eigenvalue weighted by Crippen LogP contribution is 2.22. The predicted octanol–water partition coefficient (Wildman–Crippen LogP) is 2.71. The topological polar surface area (TPSA) is 104 Å². The molecule has 2 heterocycles. The van der Waals surface area contributed by atoms with Crippen molar-refractivity contribution in [3.63, 3.8) is 0 Å². The van der Waals surface area contributed by atoms with Crippen LogP contribution in [0, 0.1) is 5.92 Å². The summed E-state index contributed by atoms with van der Waals surface area (Å²) in [6.07, 6.45) is 8.58. The molecule has 2 aromatic rings. The lowest BCUT2D eigenvalue weighted by Crippen LogP contribution is -2.30. The quantitative estimate of drug-likeness (QED) is 0.678. The fourth-order valence-corrected chi connectivity index (χ4v) is 3.92. The number of nitrogens with one attached hydrogen (secondary N) is 3. The van der Waals surface area contributed by atoms with Crippen LogP contribution in [0.2, 0.25) is 0 Å². The monoisotopic (exact) mass is 388 g/mol. The van der Waals surface area contributed by atoms with Gasteiger partial charge in [0.25, 0.3) is 5.91 Å². The van der Waals surface area contributed by atoms with Crippen LogP contribution in [0.25, 0.3) is 0 Å². The summed E-state index contributed by atoms with van der Waals surface area (Å²) < 4.78 is 0. The van der Waals surface area contributed by atoms with Gasteiger partial charge in [0.2, 0.25) is 11.5 Å². The Morgan fingerprint density at radius 2 is 2.04 bits per heavy atom. The molecule has 0 aromatic carbocycles. The third kappa shape index (κ3) is 6.02. The zero-order valence-corrected chi connectivity index (χ0v) is 15.9. The van der Waals surface area contributed by atoms with Gasteiger partial charge in [0.15, 0.2) is 5.13 Å². The highest BCUT2D eigenvalue weighted by Gasteiger charge is 2.15. The van der Waals surface area contributed by atoms with Gasteiger partial charge in [-0.2, -0.15) is 0 Å². The van der Waals surface area contributed by atoms with Crippen LogP contribution in [0.1, 0.15) is 54.6 Å². The second kappa shape index (κ2) is 9.45. The molecule has 3 N–H and O–H groups in total. The van der Waals surface area contributed by atoms with Crippen molar-refractivity contribution in [2.24, 2.45) is 5.92 Å². The molecule has 1 aliphatic rings. The molecule has 0 unspecified atom stereocenters. The number of carbonyl (C=O) groups is 2. The number of anilines is 1. The van der Waals surface area contributed by atoms with Crippen LogP contribution in [0.5, 0.6) is 0 Å². The SMILES string of the molecule is O=C(CCc1csc(NC(=O)c2ccc(=O)[nH]c2)n1)NCC1CCCCC1. The van der Waals surface area contributed by atoms with Crippen LogP contribution in [0.4, 0.5) is 5.13 Å². The number of aromatic nitrogens is 2. The molecular weight excluding hydrogens is 364 g/mol. The summed E-state index contributed by atoms with van der Waals surface area (Å²) in [6, 6.07) is 2.76. The molecular formula is C19H24N4O3S. The minimum atomic E-state index is -0.336. The van der Waals surface area contributed by atoms with Crippen LogP contribution in [0.15, 0.2) is 28.5 Å². The number of aryl methyl sites for hydroxylation is 1. The lowest BCUT2D eigenvalue weighted by Gasteiger charge is -2.21. The predicted molar refractivity (Wildman–Crippen MR) is 105 cm³/mol. The van der Waals surface area contributed by atoms with E-state index in [0.29, 0.717) is 29.5 Å². The number of pyridine rings is 1. The summed E-state index contributed by atoms with van der Waals surface area (Å²) in [5.41, 5.74) is 0.878.